The zero-order valence-corrected chi connectivity index (χ0v) is 25.5. The van der Waals surface area contributed by atoms with Crippen LogP contribution in [-0.4, -0.2) is 59.0 Å². The van der Waals surface area contributed by atoms with Gasteiger partial charge in [-0.2, -0.15) is 0 Å². The average Bonchev–Trinajstić information content (AvgIpc) is 3.05. The van der Waals surface area contributed by atoms with E-state index in [2.05, 4.69) is 5.32 Å². The lowest BCUT2D eigenvalue weighted by Gasteiger charge is -2.33. The smallest absolute Gasteiger partial charge is 0.264 e. The van der Waals surface area contributed by atoms with E-state index in [1.54, 1.807) is 24.3 Å². The number of carbonyl (C=O) groups excluding carboxylic acids is 2. The molecule has 0 saturated heterocycles. The number of rotatable bonds is 13. The van der Waals surface area contributed by atoms with Crippen LogP contribution in [0.5, 0.6) is 11.5 Å². The largest absolute Gasteiger partial charge is 0.497 e. The van der Waals surface area contributed by atoms with Gasteiger partial charge in [0.2, 0.25) is 11.8 Å². The Bertz CT molecular complexity index is 1670. The number of likely N-dealkylation sites (N-methyl/N-ethyl adjacent to an activating group) is 1. The van der Waals surface area contributed by atoms with Crippen LogP contribution in [0.4, 0.5) is 10.1 Å². The zero-order valence-electron chi connectivity index (χ0n) is 24.6. The van der Waals surface area contributed by atoms with Crippen molar-refractivity contribution >= 4 is 27.5 Å². The zero-order chi connectivity index (χ0) is 31.7. The number of amides is 2. The fourth-order valence-electron chi connectivity index (χ4n) is 4.70. The van der Waals surface area contributed by atoms with E-state index in [1.165, 1.54) is 62.6 Å². The van der Waals surface area contributed by atoms with Crippen LogP contribution in [0, 0.1) is 5.82 Å². The van der Waals surface area contributed by atoms with Crippen molar-refractivity contribution in [2.75, 3.05) is 32.1 Å². The monoisotopic (exact) mass is 619 g/mol. The van der Waals surface area contributed by atoms with Crippen LogP contribution in [0.15, 0.2) is 108 Å². The Morgan fingerprint density at radius 1 is 0.818 bits per heavy atom. The molecule has 4 aromatic rings. The van der Waals surface area contributed by atoms with Crippen LogP contribution in [0.1, 0.15) is 11.1 Å². The summed E-state index contributed by atoms with van der Waals surface area (Å²) in [6.07, 6.45) is 0.179. The van der Waals surface area contributed by atoms with E-state index in [0.717, 1.165) is 22.0 Å². The third kappa shape index (κ3) is 7.73. The molecule has 1 atom stereocenters. The lowest BCUT2D eigenvalue weighted by atomic mass is 10.0. The molecule has 0 spiro atoms. The molecule has 4 rings (SSSR count). The quantitative estimate of drug-likeness (QED) is 0.238. The first kappa shape index (κ1) is 32.0. The minimum absolute atomic E-state index is 0.0131. The van der Waals surface area contributed by atoms with Gasteiger partial charge >= 0.3 is 0 Å². The third-order valence-electron chi connectivity index (χ3n) is 7.05. The maximum Gasteiger partial charge on any atom is 0.264 e. The normalized spacial score (nSPS) is 11.7. The molecule has 230 valence electrons. The molecular weight excluding hydrogens is 585 g/mol. The molecule has 1 N–H and O–H groups in total. The second-order valence-corrected chi connectivity index (χ2v) is 11.7. The average molecular weight is 620 g/mol. The van der Waals surface area contributed by atoms with E-state index in [4.69, 9.17) is 9.47 Å². The lowest BCUT2D eigenvalue weighted by Crippen LogP contribution is -2.53. The summed E-state index contributed by atoms with van der Waals surface area (Å²) in [6, 6.07) is 25.8. The van der Waals surface area contributed by atoms with Crippen molar-refractivity contribution in [1.82, 2.24) is 10.2 Å². The number of methoxy groups -OCH3 is 2. The topological polar surface area (TPSA) is 105 Å². The molecule has 44 heavy (non-hydrogen) atoms. The number of nitrogens with zero attached hydrogens (tertiary/aromatic N) is 2. The lowest BCUT2D eigenvalue weighted by molar-refractivity contribution is -0.139. The molecule has 0 unspecified atom stereocenters. The molecule has 0 aliphatic heterocycles. The molecule has 2 amide bonds. The van der Waals surface area contributed by atoms with E-state index < -0.39 is 40.2 Å². The van der Waals surface area contributed by atoms with E-state index >= 15 is 0 Å². The predicted octanol–water partition coefficient (Wildman–Crippen LogP) is 4.42. The molecule has 0 aliphatic carbocycles. The van der Waals surface area contributed by atoms with Crippen LogP contribution < -0.4 is 19.1 Å². The van der Waals surface area contributed by atoms with Crippen LogP contribution in [0.2, 0.25) is 0 Å². The minimum Gasteiger partial charge on any atom is -0.497 e. The molecule has 0 radical (unpaired) electrons. The van der Waals surface area contributed by atoms with Gasteiger partial charge in [0.15, 0.2) is 0 Å². The Labute approximate surface area is 256 Å². The van der Waals surface area contributed by atoms with Gasteiger partial charge < -0.3 is 19.7 Å². The maximum atomic E-state index is 14.3. The van der Waals surface area contributed by atoms with Gasteiger partial charge in [0.05, 0.1) is 24.8 Å². The number of hydrogen-bond acceptors (Lipinski definition) is 6. The van der Waals surface area contributed by atoms with Crippen molar-refractivity contribution in [1.29, 1.82) is 0 Å². The summed E-state index contributed by atoms with van der Waals surface area (Å²) in [4.78, 5) is 28.9. The standard InChI is InChI=1S/C33H34FN3O6S/c1-35-33(39)31(21-24-8-5-4-6-9-24)36(22-25-10-7-11-29(20-25)43-3)32(38)23-37(27-14-12-26(34)13-15-27)44(40,41)30-18-16-28(42-2)17-19-30/h4-20,31H,21-23H2,1-3H3,(H,35,39)/t31-/m1/s1. The van der Waals surface area contributed by atoms with Gasteiger partial charge in [-0.1, -0.05) is 42.5 Å². The van der Waals surface area contributed by atoms with E-state index in [-0.39, 0.29) is 23.5 Å². The summed E-state index contributed by atoms with van der Waals surface area (Å²) in [5, 5.41) is 2.64. The Hall–Kier alpha value is -4.90. The highest BCUT2D eigenvalue weighted by atomic mass is 32.2. The number of ether oxygens (including phenoxy) is 2. The summed E-state index contributed by atoms with van der Waals surface area (Å²) in [5.41, 5.74) is 1.56. The van der Waals surface area contributed by atoms with Crippen molar-refractivity contribution in [3.63, 3.8) is 0 Å². The first-order valence-corrected chi connectivity index (χ1v) is 15.2. The summed E-state index contributed by atoms with van der Waals surface area (Å²) < 4.78 is 53.3. The summed E-state index contributed by atoms with van der Waals surface area (Å²) in [5.74, 6) is -0.615. The van der Waals surface area contributed by atoms with Crippen LogP contribution in [0.3, 0.4) is 0 Å². The first-order chi connectivity index (χ1) is 21.2. The van der Waals surface area contributed by atoms with Gasteiger partial charge in [0.25, 0.3) is 10.0 Å². The molecule has 0 bridgehead atoms. The second kappa shape index (κ2) is 14.5. The fourth-order valence-corrected chi connectivity index (χ4v) is 6.11. The molecule has 9 nitrogen and oxygen atoms in total. The highest BCUT2D eigenvalue weighted by Crippen LogP contribution is 2.27. The van der Waals surface area contributed by atoms with E-state index in [1.807, 2.05) is 30.3 Å². The van der Waals surface area contributed by atoms with Crippen molar-refractivity contribution < 1.29 is 31.9 Å². The second-order valence-electron chi connectivity index (χ2n) is 9.86. The van der Waals surface area contributed by atoms with Crippen LogP contribution in [-0.2, 0) is 32.6 Å². The van der Waals surface area contributed by atoms with Gasteiger partial charge in [0, 0.05) is 20.0 Å². The van der Waals surface area contributed by atoms with Gasteiger partial charge in [-0.05, 0) is 71.8 Å². The molecule has 0 aromatic heterocycles. The molecular formula is C33H34FN3O6S. The highest BCUT2D eigenvalue weighted by molar-refractivity contribution is 7.92. The fraction of sp³-hybridized carbons (Fsp3) is 0.212. The van der Waals surface area contributed by atoms with Gasteiger partial charge in [-0.3, -0.25) is 13.9 Å². The number of benzene rings is 4. The van der Waals surface area contributed by atoms with Crippen LogP contribution >= 0.6 is 0 Å². The van der Waals surface area contributed by atoms with Crippen molar-refractivity contribution in [2.24, 2.45) is 0 Å². The number of nitrogens with one attached hydrogen (secondary N) is 1. The molecule has 11 heteroatoms. The number of halogens is 1. The van der Waals surface area contributed by atoms with Crippen molar-refractivity contribution in [3.8, 4) is 11.5 Å². The minimum atomic E-state index is -4.33. The third-order valence-corrected chi connectivity index (χ3v) is 8.83. The summed E-state index contributed by atoms with van der Waals surface area (Å²) in [7, 11) is 0.136. The maximum absolute atomic E-state index is 14.3. The van der Waals surface area contributed by atoms with Gasteiger partial charge in [-0.15, -0.1) is 0 Å². The molecule has 0 aliphatic rings. The number of hydrogen-bond donors (Lipinski definition) is 1. The first-order valence-electron chi connectivity index (χ1n) is 13.8. The number of sulfonamides is 1. The Morgan fingerprint density at radius 3 is 2.07 bits per heavy atom. The van der Waals surface area contributed by atoms with E-state index in [0.29, 0.717) is 17.1 Å². The van der Waals surface area contributed by atoms with Crippen molar-refractivity contribution in [3.05, 3.63) is 120 Å². The number of carbonyl (C=O) groups is 2. The predicted molar refractivity (Wildman–Crippen MR) is 165 cm³/mol. The molecule has 0 saturated carbocycles. The van der Waals surface area contributed by atoms with Crippen molar-refractivity contribution in [2.45, 2.75) is 23.9 Å². The molecule has 0 heterocycles. The highest BCUT2D eigenvalue weighted by Gasteiger charge is 2.34. The SMILES string of the molecule is CNC(=O)[C@@H](Cc1ccccc1)N(Cc1cccc(OC)c1)C(=O)CN(c1ccc(F)cc1)S(=O)(=O)c1ccc(OC)cc1. The van der Waals surface area contributed by atoms with E-state index in [9.17, 15) is 22.4 Å². The number of anilines is 1. The molecule has 4 aromatic carbocycles. The van der Waals surface area contributed by atoms with Crippen LogP contribution in [0.25, 0.3) is 0 Å². The van der Waals surface area contributed by atoms with Gasteiger partial charge in [-0.25, -0.2) is 12.8 Å². The molecule has 0 fully saturated rings. The Kier molecular flexibility index (Phi) is 10.6. The Balaban J connectivity index is 1.79. The van der Waals surface area contributed by atoms with Gasteiger partial charge in [0.1, 0.15) is 29.9 Å². The summed E-state index contributed by atoms with van der Waals surface area (Å²) >= 11 is 0. The Morgan fingerprint density at radius 2 is 1.45 bits per heavy atom. The summed E-state index contributed by atoms with van der Waals surface area (Å²) in [6.45, 7) is -0.674.